The van der Waals surface area contributed by atoms with Gasteiger partial charge < -0.3 is 9.47 Å². The molecule has 0 aromatic heterocycles. The van der Waals surface area contributed by atoms with Crippen LogP contribution in [0.1, 0.15) is 22.8 Å². The van der Waals surface area contributed by atoms with Crippen molar-refractivity contribution in [2.75, 3.05) is 6.61 Å². The molecule has 0 saturated heterocycles. The van der Waals surface area contributed by atoms with Crippen LogP contribution < -0.4 is 0 Å². The molecule has 0 atom stereocenters. The maximum Gasteiger partial charge on any atom is 0.338 e. The quantitative estimate of drug-likeness (QED) is 0.544. The van der Waals surface area contributed by atoms with E-state index < -0.39 is 5.97 Å². The van der Waals surface area contributed by atoms with Gasteiger partial charge in [-0.05, 0) is 13.0 Å². The van der Waals surface area contributed by atoms with Gasteiger partial charge in [-0.15, -0.1) is 0 Å². The molecule has 1 aromatic rings. The lowest BCUT2D eigenvalue weighted by Crippen LogP contribution is -2.08. The summed E-state index contributed by atoms with van der Waals surface area (Å²) in [6.45, 7) is 2.49. The number of carbonyl (C=O) groups excluding carboxylic acids is 2. The molecule has 0 radical (unpaired) electrons. The molecule has 0 N–H and O–H groups in total. The van der Waals surface area contributed by atoms with Crippen molar-refractivity contribution in [2.45, 2.75) is 13.5 Å². The minimum Gasteiger partial charge on any atom is -0.463 e. The monoisotopic (exact) mass is 208 g/mol. The first-order chi connectivity index (χ1) is 7.29. The van der Waals surface area contributed by atoms with E-state index in [1.54, 1.807) is 31.2 Å². The largest absolute Gasteiger partial charge is 0.463 e. The molecule has 80 valence electrons. The van der Waals surface area contributed by atoms with Crippen LogP contribution in [0.3, 0.4) is 0 Å². The van der Waals surface area contributed by atoms with Crippen molar-refractivity contribution in [3.05, 3.63) is 35.4 Å². The Labute approximate surface area is 87.8 Å². The molecular weight excluding hydrogens is 196 g/mol. The maximum absolute atomic E-state index is 11.5. The molecule has 0 fully saturated rings. The summed E-state index contributed by atoms with van der Waals surface area (Å²) in [6.07, 6.45) is 0. The number of hydrogen-bond donors (Lipinski definition) is 0. The van der Waals surface area contributed by atoms with Crippen LogP contribution in [0.5, 0.6) is 0 Å². The smallest absolute Gasteiger partial charge is 0.338 e. The van der Waals surface area contributed by atoms with Gasteiger partial charge in [0.05, 0.1) is 12.2 Å². The third-order valence-electron chi connectivity index (χ3n) is 1.82. The van der Waals surface area contributed by atoms with E-state index >= 15 is 0 Å². The Bertz CT molecular complexity index is 346. The van der Waals surface area contributed by atoms with E-state index in [4.69, 9.17) is 4.74 Å². The van der Waals surface area contributed by atoms with Gasteiger partial charge in [0.25, 0.3) is 6.47 Å². The normalized spacial score (nSPS) is 9.40. The molecule has 0 unspecified atom stereocenters. The fourth-order valence-corrected chi connectivity index (χ4v) is 1.18. The molecule has 15 heavy (non-hydrogen) atoms. The molecule has 4 nitrogen and oxygen atoms in total. The van der Waals surface area contributed by atoms with Crippen LogP contribution >= 0.6 is 0 Å². The summed E-state index contributed by atoms with van der Waals surface area (Å²) in [6, 6.07) is 6.86. The Morgan fingerprint density at radius 3 is 2.80 bits per heavy atom. The standard InChI is InChI=1S/C11H12O4/c1-2-15-11(13)10-6-4-3-5-9(10)7-14-8-12/h3-6,8H,2,7H2,1H3. The average Bonchev–Trinajstić information content (AvgIpc) is 2.27. The molecule has 0 amide bonds. The maximum atomic E-state index is 11.5. The summed E-state index contributed by atoms with van der Waals surface area (Å²) >= 11 is 0. The van der Waals surface area contributed by atoms with Crippen LogP contribution in [0.15, 0.2) is 24.3 Å². The molecule has 0 bridgehead atoms. The highest BCUT2D eigenvalue weighted by molar-refractivity contribution is 5.91. The average molecular weight is 208 g/mol. The van der Waals surface area contributed by atoms with E-state index in [0.717, 1.165) is 0 Å². The van der Waals surface area contributed by atoms with Crippen LogP contribution in [0.4, 0.5) is 0 Å². The summed E-state index contributed by atoms with van der Waals surface area (Å²) in [5, 5.41) is 0. The molecule has 0 heterocycles. The van der Waals surface area contributed by atoms with Crippen LogP contribution in [0, 0.1) is 0 Å². The van der Waals surface area contributed by atoms with Gasteiger partial charge in [-0.1, -0.05) is 18.2 Å². The predicted octanol–water partition coefficient (Wildman–Crippen LogP) is 1.54. The van der Waals surface area contributed by atoms with Gasteiger partial charge >= 0.3 is 5.97 Å². The highest BCUT2D eigenvalue weighted by Gasteiger charge is 2.11. The van der Waals surface area contributed by atoms with Crippen LogP contribution in [-0.2, 0) is 20.9 Å². The third kappa shape index (κ3) is 3.09. The Morgan fingerprint density at radius 1 is 1.40 bits per heavy atom. The van der Waals surface area contributed by atoms with E-state index in [0.29, 0.717) is 24.2 Å². The van der Waals surface area contributed by atoms with Crippen molar-refractivity contribution in [1.82, 2.24) is 0 Å². The van der Waals surface area contributed by atoms with Gasteiger partial charge in [0, 0.05) is 5.56 Å². The molecule has 0 spiro atoms. The van der Waals surface area contributed by atoms with Gasteiger partial charge in [-0.25, -0.2) is 4.79 Å². The molecule has 0 aliphatic rings. The Hall–Kier alpha value is -1.84. The number of benzene rings is 1. The van der Waals surface area contributed by atoms with Gasteiger partial charge in [-0.2, -0.15) is 0 Å². The zero-order valence-corrected chi connectivity index (χ0v) is 8.43. The lowest BCUT2D eigenvalue weighted by atomic mass is 10.1. The third-order valence-corrected chi connectivity index (χ3v) is 1.82. The molecule has 1 rings (SSSR count). The van der Waals surface area contributed by atoms with Crippen molar-refractivity contribution < 1.29 is 19.1 Å². The number of hydrogen-bond acceptors (Lipinski definition) is 4. The molecule has 4 heteroatoms. The topological polar surface area (TPSA) is 52.6 Å². The fourth-order valence-electron chi connectivity index (χ4n) is 1.18. The first kappa shape index (κ1) is 11.2. The van der Waals surface area contributed by atoms with E-state index in [1.807, 2.05) is 0 Å². The number of carbonyl (C=O) groups is 2. The molecule has 0 aliphatic heterocycles. The predicted molar refractivity (Wildman–Crippen MR) is 53.3 cm³/mol. The summed E-state index contributed by atoms with van der Waals surface area (Å²) in [5.74, 6) is -0.400. The van der Waals surface area contributed by atoms with Crippen LogP contribution in [0.2, 0.25) is 0 Å². The van der Waals surface area contributed by atoms with Gasteiger partial charge in [-0.3, -0.25) is 4.79 Å². The van der Waals surface area contributed by atoms with Crippen LogP contribution in [-0.4, -0.2) is 19.0 Å². The lowest BCUT2D eigenvalue weighted by molar-refractivity contribution is -0.129. The summed E-state index contributed by atoms with van der Waals surface area (Å²) in [7, 11) is 0. The first-order valence-corrected chi connectivity index (χ1v) is 4.60. The van der Waals surface area contributed by atoms with Gasteiger partial charge in [0.1, 0.15) is 6.61 Å². The van der Waals surface area contributed by atoms with E-state index in [-0.39, 0.29) is 6.61 Å². The SMILES string of the molecule is CCOC(=O)c1ccccc1COC=O. The number of rotatable bonds is 5. The van der Waals surface area contributed by atoms with Crippen molar-refractivity contribution in [2.24, 2.45) is 0 Å². The lowest BCUT2D eigenvalue weighted by Gasteiger charge is -2.07. The number of ether oxygens (including phenoxy) is 2. The number of esters is 1. The molecule has 0 aliphatic carbocycles. The second-order valence-electron chi connectivity index (χ2n) is 2.78. The van der Waals surface area contributed by atoms with Crippen molar-refractivity contribution in [3.8, 4) is 0 Å². The van der Waals surface area contributed by atoms with Gasteiger partial charge in [0.15, 0.2) is 0 Å². The van der Waals surface area contributed by atoms with E-state index in [2.05, 4.69) is 4.74 Å². The Morgan fingerprint density at radius 2 is 2.13 bits per heavy atom. The van der Waals surface area contributed by atoms with Crippen molar-refractivity contribution in [1.29, 1.82) is 0 Å². The fraction of sp³-hybridized carbons (Fsp3) is 0.273. The summed E-state index contributed by atoms with van der Waals surface area (Å²) in [5.41, 5.74) is 1.07. The summed E-state index contributed by atoms with van der Waals surface area (Å²) in [4.78, 5) is 21.5. The molecule has 0 saturated carbocycles. The Balaban J connectivity index is 2.85. The minimum atomic E-state index is -0.400. The van der Waals surface area contributed by atoms with Crippen LogP contribution in [0.25, 0.3) is 0 Å². The van der Waals surface area contributed by atoms with Crippen molar-refractivity contribution >= 4 is 12.4 Å². The van der Waals surface area contributed by atoms with E-state index in [9.17, 15) is 9.59 Å². The second kappa shape index (κ2) is 5.80. The highest BCUT2D eigenvalue weighted by atomic mass is 16.5. The molecule has 1 aromatic carbocycles. The minimum absolute atomic E-state index is 0.0818. The zero-order chi connectivity index (χ0) is 11.1. The summed E-state index contributed by atoms with van der Waals surface area (Å²) < 4.78 is 9.47. The Kier molecular flexibility index (Phi) is 4.34. The highest BCUT2D eigenvalue weighted by Crippen LogP contribution is 2.11. The first-order valence-electron chi connectivity index (χ1n) is 4.60. The van der Waals surface area contributed by atoms with Crippen molar-refractivity contribution in [3.63, 3.8) is 0 Å². The molecular formula is C11H12O4. The van der Waals surface area contributed by atoms with E-state index in [1.165, 1.54) is 0 Å². The zero-order valence-electron chi connectivity index (χ0n) is 8.43. The second-order valence-corrected chi connectivity index (χ2v) is 2.78. The van der Waals surface area contributed by atoms with Gasteiger partial charge in [0.2, 0.25) is 0 Å².